The van der Waals surface area contributed by atoms with E-state index in [2.05, 4.69) is 10.3 Å². The SMILES string of the molecule is CC(=O)NCc1csc([C@@H]2CCCN(C(=O)c3ccccc3C)C2)n1. The number of carbonyl (C=O) groups excluding carboxylic acids is 2. The Kier molecular flexibility index (Phi) is 5.48. The quantitative estimate of drug-likeness (QED) is 0.914. The molecule has 1 N–H and O–H groups in total. The molecule has 1 saturated heterocycles. The fourth-order valence-electron chi connectivity index (χ4n) is 3.15. The zero-order valence-electron chi connectivity index (χ0n) is 14.6. The van der Waals surface area contributed by atoms with Crippen LogP contribution in [-0.2, 0) is 11.3 Å². The van der Waals surface area contributed by atoms with Crippen molar-refractivity contribution < 1.29 is 9.59 Å². The third-order valence-corrected chi connectivity index (χ3v) is 5.58. The first-order valence-electron chi connectivity index (χ1n) is 8.58. The highest BCUT2D eigenvalue weighted by Crippen LogP contribution is 2.30. The Morgan fingerprint density at radius 1 is 1.36 bits per heavy atom. The van der Waals surface area contributed by atoms with E-state index in [9.17, 15) is 9.59 Å². The number of nitrogens with one attached hydrogen (secondary N) is 1. The van der Waals surface area contributed by atoms with Gasteiger partial charge in [0.25, 0.3) is 5.91 Å². The van der Waals surface area contributed by atoms with Gasteiger partial charge < -0.3 is 10.2 Å². The van der Waals surface area contributed by atoms with Gasteiger partial charge in [0.2, 0.25) is 5.91 Å². The number of piperidine rings is 1. The summed E-state index contributed by atoms with van der Waals surface area (Å²) in [7, 11) is 0. The molecule has 0 unspecified atom stereocenters. The molecule has 25 heavy (non-hydrogen) atoms. The third-order valence-electron chi connectivity index (χ3n) is 4.52. The molecule has 5 nitrogen and oxygen atoms in total. The van der Waals surface area contributed by atoms with E-state index in [-0.39, 0.29) is 17.7 Å². The van der Waals surface area contributed by atoms with E-state index in [1.54, 1.807) is 11.3 Å². The van der Waals surface area contributed by atoms with Crippen LogP contribution < -0.4 is 5.32 Å². The molecule has 2 amide bonds. The summed E-state index contributed by atoms with van der Waals surface area (Å²) in [5.74, 6) is 0.331. The normalized spacial score (nSPS) is 17.4. The number of aromatic nitrogens is 1. The van der Waals surface area contributed by atoms with Crippen LogP contribution in [0.25, 0.3) is 0 Å². The number of thiazole rings is 1. The third kappa shape index (κ3) is 4.25. The van der Waals surface area contributed by atoms with Crippen molar-refractivity contribution in [2.45, 2.75) is 39.2 Å². The Labute approximate surface area is 152 Å². The Balaban J connectivity index is 1.68. The highest BCUT2D eigenvalue weighted by atomic mass is 32.1. The number of hydrogen-bond donors (Lipinski definition) is 1. The maximum absolute atomic E-state index is 12.8. The van der Waals surface area contributed by atoms with Crippen molar-refractivity contribution in [1.29, 1.82) is 0 Å². The second-order valence-electron chi connectivity index (χ2n) is 6.49. The first-order valence-corrected chi connectivity index (χ1v) is 9.46. The maximum Gasteiger partial charge on any atom is 0.254 e. The summed E-state index contributed by atoms with van der Waals surface area (Å²) in [5, 5.41) is 5.82. The molecule has 1 aromatic carbocycles. The van der Waals surface area contributed by atoms with E-state index in [0.717, 1.165) is 41.2 Å². The number of benzene rings is 1. The van der Waals surface area contributed by atoms with Crippen molar-refractivity contribution in [3.8, 4) is 0 Å². The summed E-state index contributed by atoms with van der Waals surface area (Å²) in [6, 6.07) is 7.74. The van der Waals surface area contributed by atoms with Gasteiger partial charge in [0.05, 0.1) is 17.2 Å². The van der Waals surface area contributed by atoms with Crippen LogP contribution in [0.15, 0.2) is 29.6 Å². The van der Waals surface area contributed by atoms with Crippen molar-refractivity contribution in [2.24, 2.45) is 0 Å². The molecular weight excluding hydrogens is 334 g/mol. The van der Waals surface area contributed by atoms with Gasteiger partial charge >= 0.3 is 0 Å². The standard InChI is InChI=1S/C19H23N3O2S/c1-13-6-3-4-8-17(13)19(24)22-9-5-7-15(11-22)18-21-16(12-25-18)10-20-14(2)23/h3-4,6,8,12,15H,5,7,9-11H2,1-2H3,(H,20,23)/t15-/m1/s1. The smallest absolute Gasteiger partial charge is 0.254 e. The second kappa shape index (κ2) is 7.78. The lowest BCUT2D eigenvalue weighted by atomic mass is 9.97. The largest absolute Gasteiger partial charge is 0.351 e. The van der Waals surface area contributed by atoms with Crippen LogP contribution >= 0.6 is 11.3 Å². The molecule has 0 spiro atoms. The summed E-state index contributed by atoms with van der Waals surface area (Å²) in [6.45, 7) is 5.45. The first-order chi connectivity index (χ1) is 12.0. The molecule has 0 aliphatic carbocycles. The summed E-state index contributed by atoms with van der Waals surface area (Å²) in [6.07, 6.45) is 2.04. The number of hydrogen-bond acceptors (Lipinski definition) is 4. The molecule has 1 aliphatic heterocycles. The van der Waals surface area contributed by atoms with E-state index in [4.69, 9.17) is 0 Å². The summed E-state index contributed by atoms with van der Waals surface area (Å²) in [5.41, 5.74) is 2.69. The number of amides is 2. The molecule has 6 heteroatoms. The monoisotopic (exact) mass is 357 g/mol. The lowest BCUT2D eigenvalue weighted by molar-refractivity contribution is -0.119. The lowest BCUT2D eigenvalue weighted by Crippen LogP contribution is -2.39. The minimum Gasteiger partial charge on any atom is -0.351 e. The molecule has 1 fully saturated rings. The predicted octanol–water partition coefficient (Wildman–Crippen LogP) is 3.11. The zero-order valence-corrected chi connectivity index (χ0v) is 15.4. The maximum atomic E-state index is 12.8. The van der Waals surface area contributed by atoms with Crippen molar-refractivity contribution in [1.82, 2.24) is 15.2 Å². The van der Waals surface area contributed by atoms with Crippen LogP contribution in [0.2, 0.25) is 0 Å². The fraction of sp³-hybridized carbons (Fsp3) is 0.421. The van der Waals surface area contributed by atoms with Crippen molar-refractivity contribution in [3.05, 3.63) is 51.5 Å². The molecule has 2 heterocycles. The Hall–Kier alpha value is -2.21. The van der Waals surface area contributed by atoms with Gasteiger partial charge in [-0.2, -0.15) is 0 Å². The van der Waals surface area contributed by atoms with Crippen molar-refractivity contribution in [3.63, 3.8) is 0 Å². The molecule has 1 aliphatic rings. The van der Waals surface area contributed by atoms with Crippen LogP contribution in [0.1, 0.15) is 52.3 Å². The Morgan fingerprint density at radius 2 is 2.16 bits per heavy atom. The van der Waals surface area contributed by atoms with Gasteiger partial charge in [0.15, 0.2) is 0 Å². The highest BCUT2D eigenvalue weighted by molar-refractivity contribution is 7.09. The van der Waals surface area contributed by atoms with E-state index in [0.29, 0.717) is 13.1 Å². The topological polar surface area (TPSA) is 62.3 Å². The molecule has 1 atom stereocenters. The summed E-state index contributed by atoms with van der Waals surface area (Å²) in [4.78, 5) is 30.5. The first kappa shape index (κ1) is 17.6. The Bertz CT molecular complexity index is 772. The predicted molar refractivity (Wildman–Crippen MR) is 98.7 cm³/mol. The minimum absolute atomic E-state index is 0.0535. The average Bonchev–Trinajstić information content (AvgIpc) is 3.09. The van der Waals surface area contributed by atoms with Crippen molar-refractivity contribution >= 4 is 23.2 Å². The van der Waals surface area contributed by atoms with Gasteiger partial charge in [0, 0.05) is 36.9 Å². The summed E-state index contributed by atoms with van der Waals surface area (Å²) >= 11 is 1.62. The zero-order chi connectivity index (χ0) is 17.8. The van der Waals surface area contributed by atoms with Crippen LogP contribution in [0, 0.1) is 6.92 Å². The van der Waals surface area contributed by atoms with E-state index >= 15 is 0 Å². The number of nitrogens with zero attached hydrogens (tertiary/aromatic N) is 2. The highest BCUT2D eigenvalue weighted by Gasteiger charge is 2.27. The number of aryl methyl sites for hydroxylation is 1. The van der Waals surface area contributed by atoms with Crippen molar-refractivity contribution in [2.75, 3.05) is 13.1 Å². The van der Waals surface area contributed by atoms with Gasteiger partial charge in [-0.25, -0.2) is 4.98 Å². The molecule has 0 radical (unpaired) electrons. The molecule has 0 bridgehead atoms. The Morgan fingerprint density at radius 3 is 2.92 bits per heavy atom. The number of carbonyl (C=O) groups is 2. The average molecular weight is 357 g/mol. The molecule has 0 saturated carbocycles. The molecule has 2 aromatic rings. The molecule has 1 aromatic heterocycles. The molecule has 3 rings (SSSR count). The lowest BCUT2D eigenvalue weighted by Gasteiger charge is -2.32. The number of likely N-dealkylation sites (tertiary alicyclic amines) is 1. The van der Waals surface area contributed by atoms with Gasteiger partial charge in [0.1, 0.15) is 0 Å². The van der Waals surface area contributed by atoms with E-state index < -0.39 is 0 Å². The van der Waals surface area contributed by atoms with Gasteiger partial charge in [-0.05, 0) is 31.4 Å². The van der Waals surface area contributed by atoms with E-state index in [1.807, 2.05) is 41.5 Å². The number of rotatable bonds is 4. The van der Waals surface area contributed by atoms with Gasteiger partial charge in [-0.3, -0.25) is 9.59 Å². The molecular formula is C19H23N3O2S. The fourth-order valence-corrected chi connectivity index (χ4v) is 4.10. The minimum atomic E-state index is -0.0535. The van der Waals surface area contributed by atoms with E-state index in [1.165, 1.54) is 6.92 Å². The van der Waals surface area contributed by atoms with Crippen LogP contribution in [0.4, 0.5) is 0 Å². The van der Waals surface area contributed by atoms with Gasteiger partial charge in [-0.1, -0.05) is 18.2 Å². The van der Waals surface area contributed by atoms with Crippen LogP contribution in [-0.4, -0.2) is 34.8 Å². The summed E-state index contributed by atoms with van der Waals surface area (Å²) < 4.78 is 0. The van der Waals surface area contributed by atoms with Crippen LogP contribution in [0.3, 0.4) is 0 Å². The van der Waals surface area contributed by atoms with Gasteiger partial charge in [-0.15, -0.1) is 11.3 Å². The second-order valence-corrected chi connectivity index (χ2v) is 7.38. The van der Waals surface area contributed by atoms with Crippen LogP contribution in [0.5, 0.6) is 0 Å². The molecule has 132 valence electrons.